The van der Waals surface area contributed by atoms with E-state index in [0.29, 0.717) is 23.9 Å². The van der Waals surface area contributed by atoms with Crippen molar-refractivity contribution in [3.8, 4) is 0 Å². The van der Waals surface area contributed by atoms with Crippen LogP contribution in [0.15, 0.2) is 11.6 Å². The summed E-state index contributed by atoms with van der Waals surface area (Å²) in [4.78, 5) is 21.6. The van der Waals surface area contributed by atoms with Gasteiger partial charge in [0.1, 0.15) is 6.10 Å². The van der Waals surface area contributed by atoms with E-state index in [0.717, 1.165) is 87.7 Å². The molecule has 254 valence electrons. The lowest BCUT2D eigenvalue weighted by molar-refractivity contribution is -0.150. The van der Waals surface area contributed by atoms with Crippen molar-refractivity contribution in [2.24, 2.45) is 52.1 Å². The van der Waals surface area contributed by atoms with Crippen LogP contribution in [0.1, 0.15) is 125 Å². The molecule has 4 aliphatic carbocycles. The summed E-state index contributed by atoms with van der Waals surface area (Å²) in [7, 11) is 0. The molecule has 0 aliphatic heterocycles. The van der Waals surface area contributed by atoms with E-state index in [2.05, 4.69) is 51.3 Å². The maximum Gasteiger partial charge on any atom is 0.320 e. The van der Waals surface area contributed by atoms with Crippen molar-refractivity contribution in [2.75, 3.05) is 32.7 Å². The molecular weight excluding hydrogens is 550 g/mol. The maximum absolute atomic E-state index is 12.6. The predicted molar refractivity (Wildman–Crippen MR) is 180 cm³/mol. The Bertz CT molecular complexity index is 934. The number of hydrogen-bond donors (Lipinski definition) is 4. The fourth-order valence-electron chi connectivity index (χ4n) is 9.90. The quantitative estimate of drug-likeness (QED) is 0.0893. The third-order valence-corrected chi connectivity index (χ3v) is 12.1. The summed E-state index contributed by atoms with van der Waals surface area (Å²) >= 11 is 0. The van der Waals surface area contributed by atoms with Gasteiger partial charge in [0, 0.05) is 26.4 Å². The molecule has 0 saturated heterocycles. The molecule has 3 saturated carbocycles. The first-order valence-corrected chi connectivity index (χ1v) is 18.1. The van der Waals surface area contributed by atoms with E-state index >= 15 is 0 Å². The van der Waals surface area contributed by atoms with Gasteiger partial charge in [-0.15, -0.1) is 0 Å². The Balaban J connectivity index is 0.00000124. The lowest BCUT2D eigenvalue weighted by Crippen LogP contribution is -2.51. The zero-order valence-corrected chi connectivity index (χ0v) is 29.1. The molecule has 0 unspecified atom stereocenters. The fraction of sp³-hybridized carbons (Fsp3) is 0.892. The van der Waals surface area contributed by atoms with Crippen LogP contribution in [0.4, 0.5) is 0 Å². The number of hydrogen-bond acceptors (Lipinski definition) is 6. The largest absolute Gasteiger partial charge is 0.481 e. The Morgan fingerprint density at radius 1 is 0.977 bits per heavy atom. The molecule has 3 fully saturated rings. The lowest BCUT2D eigenvalue weighted by Gasteiger charge is -2.58. The maximum atomic E-state index is 12.6. The second-order valence-electron chi connectivity index (χ2n) is 15.6. The molecule has 44 heavy (non-hydrogen) atoms. The zero-order chi connectivity index (χ0) is 32.3. The average molecular weight is 618 g/mol. The third-order valence-electron chi connectivity index (χ3n) is 12.1. The number of nitrogens with one attached hydrogen (secondary N) is 2. The summed E-state index contributed by atoms with van der Waals surface area (Å²) in [6.07, 6.45) is 19.2. The van der Waals surface area contributed by atoms with Gasteiger partial charge in [0.2, 0.25) is 0 Å². The standard InChI is InChI=1S/C35H63N3O2.C2H4O2/c1-25(2)9-8-10-26(3)30-13-14-31-29-12-11-27-23-28(15-17-34(27,4)32(29)16-18-35(30,31)5)40-33(39)24-38-21-7-6-20-37-22-19-36;1-2(3)4/h11,25-26,28-32,37-38H,6-10,12-24,36H2,1-5H3;1H3,(H,3,4)/t26-,28+,29+,30-,31+,32+,34+,35-;/m1./s1. The van der Waals surface area contributed by atoms with Crippen LogP contribution < -0.4 is 16.4 Å². The van der Waals surface area contributed by atoms with Crippen molar-refractivity contribution < 1.29 is 19.4 Å². The van der Waals surface area contributed by atoms with E-state index in [1.165, 1.54) is 57.8 Å². The van der Waals surface area contributed by atoms with E-state index in [4.69, 9.17) is 20.4 Å². The molecular formula is C37H67N3O4. The molecule has 8 atom stereocenters. The molecule has 7 heteroatoms. The summed E-state index contributed by atoms with van der Waals surface area (Å²) in [5.74, 6) is 4.27. The molecule has 0 heterocycles. The van der Waals surface area contributed by atoms with Crippen LogP contribution in [0.3, 0.4) is 0 Å². The minimum Gasteiger partial charge on any atom is -0.481 e. The molecule has 0 aromatic carbocycles. The van der Waals surface area contributed by atoms with Crippen molar-refractivity contribution in [1.29, 1.82) is 0 Å². The number of rotatable bonds is 15. The molecule has 0 aromatic rings. The Hall–Kier alpha value is -1.44. The average Bonchev–Trinajstić information content (AvgIpc) is 3.31. The van der Waals surface area contributed by atoms with Gasteiger partial charge in [-0.3, -0.25) is 9.59 Å². The van der Waals surface area contributed by atoms with Crippen LogP contribution >= 0.6 is 0 Å². The van der Waals surface area contributed by atoms with Gasteiger partial charge in [-0.1, -0.05) is 65.5 Å². The number of carboxylic acids is 1. The van der Waals surface area contributed by atoms with Gasteiger partial charge in [0.05, 0.1) is 6.54 Å². The third kappa shape index (κ3) is 9.78. The minimum absolute atomic E-state index is 0.0574. The van der Waals surface area contributed by atoms with Gasteiger partial charge >= 0.3 is 5.97 Å². The van der Waals surface area contributed by atoms with E-state index in [1.54, 1.807) is 5.57 Å². The highest BCUT2D eigenvalue weighted by Crippen LogP contribution is 2.67. The first kappa shape index (κ1) is 37.0. The summed E-state index contributed by atoms with van der Waals surface area (Å²) in [6, 6.07) is 0. The van der Waals surface area contributed by atoms with Gasteiger partial charge in [-0.2, -0.15) is 0 Å². The predicted octanol–water partition coefficient (Wildman–Crippen LogP) is 6.95. The molecule has 7 nitrogen and oxygen atoms in total. The SMILES string of the molecule is CC(=O)O.CC(C)CCC[C@@H](C)[C@H]1CC[C@H]2[C@@H]3CC=C4C[C@@H](OC(=O)CNCCCCNCCN)CC[C@]4(C)[C@H]3CC[C@]12C. The number of carbonyl (C=O) groups is 2. The molecule has 4 rings (SSSR count). The summed E-state index contributed by atoms with van der Waals surface area (Å²) in [6.45, 7) is 17.4. The highest BCUT2D eigenvalue weighted by Gasteiger charge is 2.59. The fourth-order valence-corrected chi connectivity index (χ4v) is 9.90. The van der Waals surface area contributed by atoms with Crippen LogP contribution in [0.2, 0.25) is 0 Å². The smallest absolute Gasteiger partial charge is 0.320 e. The Labute approximate surface area is 269 Å². The van der Waals surface area contributed by atoms with E-state index in [1.807, 2.05) is 0 Å². The number of allylic oxidation sites excluding steroid dienone is 1. The van der Waals surface area contributed by atoms with E-state index in [9.17, 15) is 4.79 Å². The number of fused-ring (bicyclic) bond motifs is 5. The Kier molecular flexibility index (Phi) is 14.7. The highest BCUT2D eigenvalue weighted by molar-refractivity contribution is 5.71. The highest BCUT2D eigenvalue weighted by atomic mass is 16.5. The van der Waals surface area contributed by atoms with Crippen LogP contribution in [0.25, 0.3) is 0 Å². The van der Waals surface area contributed by atoms with Crippen LogP contribution in [0.5, 0.6) is 0 Å². The number of esters is 1. The van der Waals surface area contributed by atoms with Gasteiger partial charge in [-0.25, -0.2) is 0 Å². The minimum atomic E-state index is -0.833. The topological polar surface area (TPSA) is 114 Å². The molecule has 5 N–H and O–H groups in total. The van der Waals surface area contributed by atoms with Crippen molar-refractivity contribution in [1.82, 2.24) is 10.6 Å². The second-order valence-corrected chi connectivity index (χ2v) is 15.6. The van der Waals surface area contributed by atoms with Crippen molar-refractivity contribution in [3.05, 3.63) is 11.6 Å². The number of unbranched alkanes of at least 4 members (excludes halogenated alkanes) is 1. The number of carboxylic acid groups (broad SMARTS) is 1. The lowest BCUT2D eigenvalue weighted by atomic mass is 9.47. The van der Waals surface area contributed by atoms with Gasteiger partial charge in [-0.05, 0) is 117 Å². The molecule has 0 spiro atoms. The summed E-state index contributed by atoms with van der Waals surface area (Å²) in [5.41, 5.74) is 7.96. The first-order valence-electron chi connectivity index (χ1n) is 18.1. The zero-order valence-electron chi connectivity index (χ0n) is 29.1. The van der Waals surface area contributed by atoms with Gasteiger partial charge in [0.15, 0.2) is 0 Å². The summed E-state index contributed by atoms with van der Waals surface area (Å²) in [5, 5.41) is 14.0. The van der Waals surface area contributed by atoms with Crippen LogP contribution in [0, 0.1) is 46.3 Å². The van der Waals surface area contributed by atoms with Crippen molar-refractivity contribution >= 4 is 11.9 Å². The molecule has 0 aromatic heterocycles. The molecule has 0 radical (unpaired) electrons. The second kappa shape index (κ2) is 17.5. The number of aliphatic carboxylic acids is 1. The van der Waals surface area contributed by atoms with Crippen molar-refractivity contribution in [2.45, 2.75) is 131 Å². The molecule has 0 bridgehead atoms. The monoisotopic (exact) mass is 618 g/mol. The molecule has 4 aliphatic rings. The molecule has 0 amide bonds. The Morgan fingerprint density at radius 2 is 1.68 bits per heavy atom. The summed E-state index contributed by atoms with van der Waals surface area (Å²) < 4.78 is 5.99. The Morgan fingerprint density at radius 3 is 2.36 bits per heavy atom. The van der Waals surface area contributed by atoms with E-state index in [-0.39, 0.29) is 12.1 Å². The van der Waals surface area contributed by atoms with E-state index < -0.39 is 5.97 Å². The van der Waals surface area contributed by atoms with Crippen LogP contribution in [-0.2, 0) is 14.3 Å². The number of carbonyl (C=O) groups excluding carboxylic acids is 1. The number of nitrogens with two attached hydrogens (primary N) is 1. The van der Waals surface area contributed by atoms with Crippen LogP contribution in [-0.4, -0.2) is 55.9 Å². The normalized spacial score (nSPS) is 33.3. The van der Waals surface area contributed by atoms with Gasteiger partial charge in [0.25, 0.3) is 5.97 Å². The first-order chi connectivity index (χ1) is 20.9. The number of ether oxygens (including phenoxy) is 1. The van der Waals surface area contributed by atoms with Crippen molar-refractivity contribution in [3.63, 3.8) is 0 Å². The van der Waals surface area contributed by atoms with Gasteiger partial charge < -0.3 is 26.2 Å².